The van der Waals surface area contributed by atoms with Gasteiger partial charge in [0.1, 0.15) is 6.04 Å². The van der Waals surface area contributed by atoms with E-state index in [2.05, 4.69) is 5.32 Å². The molecule has 0 saturated heterocycles. The van der Waals surface area contributed by atoms with E-state index in [1.807, 2.05) is 13.2 Å². The number of rotatable bonds is 7. The molecule has 4 nitrogen and oxygen atoms in total. The summed E-state index contributed by atoms with van der Waals surface area (Å²) in [6, 6.07) is -0.735. The molecule has 0 heterocycles. The van der Waals surface area contributed by atoms with E-state index in [4.69, 9.17) is 5.11 Å². The Labute approximate surface area is 105 Å². The monoisotopic (exact) mass is 282 g/mol. The van der Waals surface area contributed by atoms with Gasteiger partial charge in [0.15, 0.2) is 0 Å². The van der Waals surface area contributed by atoms with Crippen molar-refractivity contribution in [3.8, 4) is 0 Å². The van der Waals surface area contributed by atoms with Gasteiger partial charge in [0.05, 0.1) is 0 Å². The molecular formula is C9H17CuNO3S+. The fourth-order valence-electron chi connectivity index (χ4n) is 0.987. The molecule has 6 heteroatoms. The van der Waals surface area contributed by atoms with E-state index in [1.165, 1.54) is 0 Å². The largest absolute Gasteiger partial charge is 1.00 e. The van der Waals surface area contributed by atoms with Gasteiger partial charge in [-0.05, 0) is 24.9 Å². The van der Waals surface area contributed by atoms with Crippen LogP contribution >= 0.6 is 11.8 Å². The molecule has 0 rings (SSSR count). The van der Waals surface area contributed by atoms with Crippen LogP contribution in [0.1, 0.15) is 26.2 Å². The van der Waals surface area contributed by atoms with Crippen molar-refractivity contribution in [2.75, 3.05) is 12.0 Å². The van der Waals surface area contributed by atoms with E-state index >= 15 is 0 Å². The van der Waals surface area contributed by atoms with Gasteiger partial charge in [-0.15, -0.1) is 0 Å². The average Bonchev–Trinajstić information content (AvgIpc) is 2.12. The molecule has 0 bridgehead atoms. The summed E-state index contributed by atoms with van der Waals surface area (Å²) in [5.74, 6) is -0.395. The van der Waals surface area contributed by atoms with Crippen molar-refractivity contribution < 1.29 is 31.8 Å². The van der Waals surface area contributed by atoms with Crippen LogP contribution in [-0.2, 0) is 26.7 Å². The molecule has 1 unspecified atom stereocenters. The minimum atomic E-state index is -0.955. The van der Waals surface area contributed by atoms with Crippen LogP contribution in [0.25, 0.3) is 0 Å². The number of nitrogens with one attached hydrogen (secondary N) is 1. The van der Waals surface area contributed by atoms with Crippen molar-refractivity contribution in [3.05, 3.63) is 0 Å². The fourth-order valence-corrected chi connectivity index (χ4v) is 1.46. The standard InChI is InChI=1S/C9H17NO3S.Cu/c1-3-4-8(11)10-7(9(12)13)5-6-14-2;/h7H,3-6H2,1-2H3,(H,10,11)(H,12,13);/q;+1. The van der Waals surface area contributed by atoms with Crippen molar-refractivity contribution in [2.45, 2.75) is 32.2 Å². The molecule has 0 aromatic carbocycles. The van der Waals surface area contributed by atoms with Gasteiger partial charge in [-0.2, -0.15) is 11.8 Å². The maximum atomic E-state index is 11.1. The summed E-state index contributed by atoms with van der Waals surface area (Å²) in [6.07, 6.45) is 3.52. The van der Waals surface area contributed by atoms with Crippen LogP contribution in [0.3, 0.4) is 0 Å². The Balaban J connectivity index is 0. The van der Waals surface area contributed by atoms with E-state index in [0.29, 0.717) is 12.8 Å². The Hall–Kier alpha value is -0.191. The molecule has 0 aliphatic rings. The molecule has 92 valence electrons. The van der Waals surface area contributed by atoms with Crippen LogP contribution in [0.4, 0.5) is 0 Å². The minimum absolute atomic E-state index is 0. The summed E-state index contributed by atoms with van der Waals surface area (Å²) in [7, 11) is 0. The Morgan fingerprint density at radius 3 is 2.47 bits per heavy atom. The van der Waals surface area contributed by atoms with Gasteiger partial charge in [0.25, 0.3) is 0 Å². The number of carbonyl (C=O) groups is 2. The first kappa shape index (κ1) is 17.2. The maximum absolute atomic E-state index is 11.1. The zero-order chi connectivity index (χ0) is 11.0. The smallest absolute Gasteiger partial charge is 0.480 e. The van der Waals surface area contributed by atoms with Gasteiger partial charge in [-0.25, -0.2) is 4.79 Å². The molecule has 0 aliphatic heterocycles. The summed E-state index contributed by atoms with van der Waals surface area (Å²) in [4.78, 5) is 21.9. The zero-order valence-corrected chi connectivity index (χ0v) is 10.6. The number of amides is 1. The Kier molecular flexibility index (Phi) is 11.9. The van der Waals surface area contributed by atoms with Crippen molar-refractivity contribution in [1.29, 1.82) is 0 Å². The predicted molar refractivity (Wildman–Crippen MR) is 57.5 cm³/mol. The molecular weight excluding hydrogens is 266 g/mol. The second kappa shape index (κ2) is 10.3. The van der Waals surface area contributed by atoms with Gasteiger partial charge in [-0.1, -0.05) is 6.92 Å². The number of aliphatic carboxylic acids is 1. The minimum Gasteiger partial charge on any atom is -0.480 e. The fraction of sp³-hybridized carbons (Fsp3) is 0.778. The summed E-state index contributed by atoms with van der Waals surface area (Å²) in [6.45, 7) is 1.89. The first-order valence-electron chi connectivity index (χ1n) is 4.63. The van der Waals surface area contributed by atoms with E-state index in [1.54, 1.807) is 11.8 Å². The molecule has 1 amide bonds. The van der Waals surface area contributed by atoms with Crippen molar-refractivity contribution in [1.82, 2.24) is 5.32 Å². The van der Waals surface area contributed by atoms with Crippen molar-refractivity contribution in [3.63, 3.8) is 0 Å². The Bertz CT molecular complexity index is 202. The van der Waals surface area contributed by atoms with Crippen molar-refractivity contribution in [2.24, 2.45) is 0 Å². The molecule has 2 N–H and O–H groups in total. The van der Waals surface area contributed by atoms with Crippen LogP contribution in [0, 0.1) is 0 Å². The molecule has 0 aliphatic carbocycles. The number of thioether (sulfide) groups is 1. The third-order valence-corrected chi connectivity index (χ3v) is 2.36. The van der Waals surface area contributed by atoms with Gasteiger partial charge < -0.3 is 10.4 Å². The molecule has 15 heavy (non-hydrogen) atoms. The number of carbonyl (C=O) groups excluding carboxylic acids is 1. The van der Waals surface area contributed by atoms with E-state index in [-0.39, 0.29) is 23.0 Å². The summed E-state index contributed by atoms with van der Waals surface area (Å²) < 4.78 is 0. The first-order chi connectivity index (χ1) is 6.61. The Morgan fingerprint density at radius 1 is 1.47 bits per heavy atom. The van der Waals surface area contributed by atoms with Crippen molar-refractivity contribution >= 4 is 23.6 Å². The summed E-state index contributed by atoms with van der Waals surface area (Å²) in [5, 5.41) is 11.3. The second-order valence-corrected chi connectivity index (χ2v) is 3.98. The Morgan fingerprint density at radius 2 is 2.07 bits per heavy atom. The van der Waals surface area contributed by atoms with E-state index < -0.39 is 12.0 Å². The van der Waals surface area contributed by atoms with Crippen LogP contribution in [0.5, 0.6) is 0 Å². The van der Waals surface area contributed by atoms with Gasteiger partial charge in [0.2, 0.25) is 5.91 Å². The molecule has 0 radical (unpaired) electrons. The van der Waals surface area contributed by atoms with Crippen LogP contribution < -0.4 is 5.32 Å². The SMILES string of the molecule is CCCC(=O)NC(CCSC)C(=O)O.[Cu+]. The second-order valence-electron chi connectivity index (χ2n) is 2.99. The third-order valence-electron chi connectivity index (χ3n) is 1.72. The average molecular weight is 283 g/mol. The number of carboxylic acid groups (broad SMARTS) is 1. The van der Waals surface area contributed by atoms with E-state index in [9.17, 15) is 9.59 Å². The maximum Gasteiger partial charge on any atom is 1.00 e. The number of carboxylic acids is 1. The topological polar surface area (TPSA) is 66.4 Å². The number of hydrogen-bond donors (Lipinski definition) is 2. The van der Waals surface area contributed by atoms with Gasteiger partial charge >= 0.3 is 23.0 Å². The molecule has 0 aromatic heterocycles. The summed E-state index contributed by atoms with van der Waals surface area (Å²) >= 11 is 1.57. The first-order valence-corrected chi connectivity index (χ1v) is 6.02. The normalized spacial score (nSPS) is 11.3. The van der Waals surface area contributed by atoms with Crippen LogP contribution in [-0.4, -0.2) is 35.0 Å². The molecule has 0 aromatic rings. The van der Waals surface area contributed by atoms with E-state index in [0.717, 1.165) is 12.2 Å². The molecule has 0 spiro atoms. The summed E-state index contributed by atoms with van der Waals surface area (Å²) in [5.41, 5.74) is 0. The van der Waals surface area contributed by atoms with Gasteiger partial charge in [-0.3, -0.25) is 4.79 Å². The molecule has 0 fully saturated rings. The predicted octanol–water partition coefficient (Wildman–Crippen LogP) is 1.11. The third kappa shape index (κ3) is 8.78. The van der Waals surface area contributed by atoms with Crippen LogP contribution in [0.2, 0.25) is 0 Å². The van der Waals surface area contributed by atoms with Crippen LogP contribution in [0.15, 0.2) is 0 Å². The zero-order valence-electron chi connectivity index (χ0n) is 8.88. The molecule has 0 saturated carbocycles. The quantitative estimate of drug-likeness (QED) is 0.687. The number of hydrogen-bond acceptors (Lipinski definition) is 3. The molecule has 1 atom stereocenters. The van der Waals surface area contributed by atoms with Gasteiger partial charge in [0, 0.05) is 6.42 Å².